The molecule has 0 aliphatic rings. The molecule has 0 aromatic heterocycles. The van der Waals surface area contributed by atoms with Crippen molar-refractivity contribution in [3.05, 3.63) is 28.3 Å². The Hall–Kier alpha value is -2.17. The first-order valence-electron chi connectivity index (χ1n) is 5.18. The van der Waals surface area contributed by atoms with E-state index in [1.807, 2.05) is 6.92 Å². The van der Waals surface area contributed by atoms with Crippen LogP contribution >= 0.6 is 11.6 Å². The molecule has 0 radical (unpaired) electrons. The largest absolute Gasteiger partial charge is 0.493 e. The van der Waals surface area contributed by atoms with E-state index in [9.17, 15) is 0 Å². The molecule has 0 unspecified atom stereocenters. The van der Waals surface area contributed by atoms with E-state index in [4.69, 9.17) is 31.6 Å². The lowest BCUT2D eigenvalue weighted by Crippen LogP contribution is -1.96. The quantitative estimate of drug-likeness (QED) is 0.782. The fourth-order valence-electron chi connectivity index (χ4n) is 1.36. The normalized spacial score (nSPS) is 8.94. The van der Waals surface area contributed by atoms with Crippen LogP contribution in [0.2, 0.25) is 5.02 Å². The van der Waals surface area contributed by atoms with E-state index >= 15 is 0 Å². The zero-order valence-corrected chi connectivity index (χ0v) is 10.8. The molecule has 0 heterocycles. The van der Waals surface area contributed by atoms with Crippen LogP contribution < -0.4 is 9.47 Å². The lowest BCUT2D eigenvalue weighted by molar-refractivity contribution is 0.311. The standard InChI is InChI=1S/C13H11ClN2O2/c1-3-18-13-11(14)5-9(6-12(13)17-2)4-10(7-15)8-16/h4-6H,3H2,1-2H3. The Bertz CT molecular complexity index is 537. The van der Waals surface area contributed by atoms with Gasteiger partial charge in [0.25, 0.3) is 0 Å². The molecule has 1 rings (SSSR count). The van der Waals surface area contributed by atoms with Gasteiger partial charge in [0.2, 0.25) is 0 Å². The Morgan fingerprint density at radius 1 is 1.39 bits per heavy atom. The van der Waals surface area contributed by atoms with Gasteiger partial charge in [-0.05, 0) is 30.7 Å². The third kappa shape index (κ3) is 3.16. The highest BCUT2D eigenvalue weighted by atomic mass is 35.5. The second kappa shape index (κ2) is 6.54. The van der Waals surface area contributed by atoms with Gasteiger partial charge in [0.1, 0.15) is 17.7 Å². The molecule has 5 heteroatoms. The number of hydrogen-bond acceptors (Lipinski definition) is 4. The molecule has 0 spiro atoms. The molecule has 92 valence electrons. The van der Waals surface area contributed by atoms with Gasteiger partial charge >= 0.3 is 0 Å². The number of methoxy groups -OCH3 is 1. The van der Waals surface area contributed by atoms with E-state index in [-0.39, 0.29) is 5.57 Å². The summed E-state index contributed by atoms with van der Waals surface area (Å²) in [7, 11) is 1.50. The molecule has 0 atom stereocenters. The summed E-state index contributed by atoms with van der Waals surface area (Å²) in [6.07, 6.45) is 1.43. The summed E-state index contributed by atoms with van der Waals surface area (Å²) in [5, 5.41) is 17.8. The highest BCUT2D eigenvalue weighted by molar-refractivity contribution is 6.32. The number of nitrogens with zero attached hydrogens (tertiary/aromatic N) is 2. The van der Waals surface area contributed by atoms with Crippen LogP contribution in [0.3, 0.4) is 0 Å². The average Bonchev–Trinajstić information content (AvgIpc) is 2.38. The number of nitriles is 2. The van der Waals surface area contributed by atoms with Gasteiger partial charge in [-0.3, -0.25) is 0 Å². The Morgan fingerprint density at radius 3 is 2.56 bits per heavy atom. The molecule has 0 aliphatic heterocycles. The number of ether oxygens (including phenoxy) is 2. The summed E-state index contributed by atoms with van der Waals surface area (Å²) >= 11 is 6.06. The highest BCUT2D eigenvalue weighted by Crippen LogP contribution is 2.36. The molecule has 0 fully saturated rings. The van der Waals surface area contributed by atoms with Crippen molar-refractivity contribution in [2.75, 3.05) is 13.7 Å². The molecule has 4 nitrogen and oxygen atoms in total. The number of halogens is 1. The Kier molecular flexibility index (Phi) is 5.05. The smallest absolute Gasteiger partial charge is 0.179 e. The number of benzene rings is 1. The molecule has 0 saturated carbocycles. The second-order valence-electron chi connectivity index (χ2n) is 3.25. The molecule has 0 saturated heterocycles. The van der Waals surface area contributed by atoms with Crippen molar-refractivity contribution in [2.24, 2.45) is 0 Å². The Labute approximate surface area is 111 Å². The fourth-order valence-corrected chi connectivity index (χ4v) is 1.64. The van der Waals surface area contributed by atoms with E-state index in [1.54, 1.807) is 24.3 Å². The van der Waals surface area contributed by atoms with Gasteiger partial charge in [0, 0.05) is 0 Å². The van der Waals surface area contributed by atoms with Crippen LogP contribution in [-0.2, 0) is 0 Å². The number of rotatable bonds is 4. The minimum Gasteiger partial charge on any atom is -0.493 e. The average molecular weight is 263 g/mol. The van der Waals surface area contributed by atoms with Crippen LogP contribution in [0.15, 0.2) is 17.7 Å². The molecule has 1 aromatic carbocycles. The molecule has 1 aromatic rings. The first-order valence-corrected chi connectivity index (χ1v) is 5.56. The lowest BCUT2D eigenvalue weighted by atomic mass is 10.1. The predicted octanol–water partition coefficient (Wildman–Crippen LogP) is 3.18. The number of allylic oxidation sites excluding steroid dienone is 1. The lowest BCUT2D eigenvalue weighted by Gasteiger charge is -2.11. The Balaban J connectivity index is 3.28. The van der Waals surface area contributed by atoms with Gasteiger partial charge in [0.15, 0.2) is 11.5 Å². The van der Waals surface area contributed by atoms with Crippen LogP contribution in [0, 0.1) is 22.7 Å². The maximum Gasteiger partial charge on any atom is 0.179 e. The van der Waals surface area contributed by atoms with Gasteiger partial charge in [-0.1, -0.05) is 11.6 Å². The molecule has 0 bridgehead atoms. The van der Waals surface area contributed by atoms with Crippen molar-refractivity contribution >= 4 is 17.7 Å². The van der Waals surface area contributed by atoms with Gasteiger partial charge in [-0.15, -0.1) is 0 Å². The van der Waals surface area contributed by atoms with Gasteiger partial charge in [0.05, 0.1) is 18.7 Å². The van der Waals surface area contributed by atoms with Crippen molar-refractivity contribution in [1.29, 1.82) is 10.5 Å². The topological polar surface area (TPSA) is 66.0 Å². The minimum atomic E-state index is -0.00252. The monoisotopic (exact) mass is 262 g/mol. The summed E-state index contributed by atoms with van der Waals surface area (Å²) in [5.74, 6) is 0.917. The van der Waals surface area contributed by atoms with E-state index in [1.165, 1.54) is 13.2 Å². The SMILES string of the molecule is CCOc1c(Cl)cc(C=C(C#N)C#N)cc1OC. The summed E-state index contributed by atoms with van der Waals surface area (Å²) in [5.41, 5.74) is 0.607. The number of hydrogen-bond donors (Lipinski definition) is 0. The third-order valence-electron chi connectivity index (χ3n) is 2.09. The highest BCUT2D eigenvalue weighted by Gasteiger charge is 2.11. The maximum absolute atomic E-state index is 8.69. The van der Waals surface area contributed by atoms with E-state index in [0.29, 0.717) is 28.7 Å². The van der Waals surface area contributed by atoms with Crippen molar-refractivity contribution in [3.63, 3.8) is 0 Å². The predicted molar refractivity (Wildman–Crippen MR) is 68.4 cm³/mol. The Morgan fingerprint density at radius 2 is 2.06 bits per heavy atom. The van der Waals surface area contributed by atoms with Crippen molar-refractivity contribution in [2.45, 2.75) is 6.92 Å². The third-order valence-corrected chi connectivity index (χ3v) is 2.37. The first kappa shape index (κ1) is 13.9. The molecule has 0 aliphatic carbocycles. The second-order valence-corrected chi connectivity index (χ2v) is 3.66. The van der Waals surface area contributed by atoms with Crippen LogP contribution in [-0.4, -0.2) is 13.7 Å². The summed E-state index contributed by atoms with van der Waals surface area (Å²) in [6.45, 7) is 2.31. The van der Waals surface area contributed by atoms with Gasteiger partial charge in [-0.2, -0.15) is 10.5 Å². The van der Waals surface area contributed by atoms with Crippen molar-refractivity contribution in [3.8, 4) is 23.6 Å². The van der Waals surface area contributed by atoms with E-state index < -0.39 is 0 Å². The first-order chi connectivity index (χ1) is 8.65. The van der Waals surface area contributed by atoms with Crippen LogP contribution in [0.1, 0.15) is 12.5 Å². The maximum atomic E-state index is 8.69. The zero-order valence-electron chi connectivity index (χ0n) is 10.0. The molecule has 18 heavy (non-hydrogen) atoms. The van der Waals surface area contributed by atoms with Crippen LogP contribution in [0.5, 0.6) is 11.5 Å². The van der Waals surface area contributed by atoms with Crippen LogP contribution in [0.4, 0.5) is 0 Å². The summed E-state index contributed by atoms with van der Waals surface area (Å²) in [4.78, 5) is 0. The van der Waals surface area contributed by atoms with Gasteiger partial charge in [-0.25, -0.2) is 0 Å². The fraction of sp³-hybridized carbons (Fsp3) is 0.231. The minimum absolute atomic E-state index is 0.00252. The van der Waals surface area contributed by atoms with Crippen LogP contribution in [0.25, 0.3) is 6.08 Å². The molecular weight excluding hydrogens is 252 g/mol. The van der Waals surface area contributed by atoms with Crippen molar-refractivity contribution in [1.82, 2.24) is 0 Å². The summed E-state index contributed by atoms with van der Waals surface area (Å²) < 4.78 is 10.5. The molecule has 0 N–H and O–H groups in total. The zero-order chi connectivity index (χ0) is 13.5. The van der Waals surface area contributed by atoms with E-state index in [2.05, 4.69) is 0 Å². The summed E-state index contributed by atoms with van der Waals surface area (Å²) in [6, 6.07) is 6.84. The van der Waals surface area contributed by atoms with Gasteiger partial charge < -0.3 is 9.47 Å². The molecular formula is C13H11ClN2O2. The van der Waals surface area contributed by atoms with Crippen molar-refractivity contribution < 1.29 is 9.47 Å². The van der Waals surface area contributed by atoms with E-state index in [0.717, 1.165) is 0 Å². The molecule has 0 amide bonds.